The van der Waals surface area contributed by atoms with Gasteiger partial charge in [-0.1, -0.05) is 0 Å². The van der Waals surface area contributed by atoms with E-state index in [2.05, 4.69) is 4.98 Å². The van der Waals surface area contributed by atoms with Crippen LogP contribution in [0.3, 0.4) is 0 Å². The summed E-state index contributed by atoms with van der Waals surface area (Å²) in [5.74, 6) is 0. The number of methoxy groups -OCH3 is 1. The molecule has 1 fully saturated rings. The van der Waals surface area contributed by atoms with E-state index in [1.165, 1.54) is 0 Å². The van der Waals surface area contributed by atoms with Crippen molar-refractivity contribution in [2.24, 2.45) is 0 Å². The third kappa shape index (κ3) is 1.42. The van der Waals surface area contributed by atoms with E-state index in [0.717, 1.165) is 11.1 Å². The van der Waals surface area contributed by atoms with Gasteiger partial charge in [-0.05, 0) is 18.6 Å². The SMILES string of the molecule is COC1CC(O)(c2cnccc2C)C1. The van der Waals surface area contributed by atoms with Crippen LogP contribution in [0.15, 0.2) is 18.5 Å². The van der Waals surface area contributed by atoms with Gasteiger partial charge in [-0.25, -0.2) is 0 Å². The molecule has 0 aliphatic heterocycles. The van der Waals surface area contributed by atoms with Gasteiger partial charge in [-0.15, -0.1) is 0 Å². The number of hydrogen-bond donors (Lipinski definition) is 1. The van der Waals surface area contributed by atoms with Crippen LogP contribution in [-0.4, -0.2) is 23.3 Å². The van der Waals surface area contributed by atoms with Gasteiger partial charge in [0, 0.05) is 37.9 Å². The highest BCUT2D eigenvalue weighted by atomic mass is 16.5. The maximum Gasteiger partial charge on any atom is 0.0963 e. The van der Waals surface area contributed by atoms with Crippen LogP contribution in [0.2, 0.25) is 0 Å². The van der Waals surface area contributed by atoms with Crippen LogP contribution in [0.4, 0.5) is 0 Å². The van der Waals surface area contributed by atoms with Crippen LogP contribution in [0.5, 0.6) is 0 Å². The van der Waals surface area contributed by atoms with Gasteiger partial charge in [-0.2, -0.15) is 0 Å². The van der Waals surface area contributed by atoms with Gasteiger partial charge in [0.25, 0.3) is 0 Å². The Labute approximate surface area is 83.7 Å². The molecule has 0 bridgehead atoms. The van der Waals surface area contributed by atoms with E-state index in [4.69, 9.17) is 4.74 Å². The third-order valence-electron chi connectivity index (χ3n) is 3.00. The Hall–Kier alpha value is -0.930. The zero-order valence-electron chi connectivity index (χ0n) is 8.53. The summed E-state index contributed by atoms with van der Waals surface area (Å²) in [5.41, 5.74) is 1.32. The predicted molar refractivity (Wildman–Crippen MR) is 52.9 cm³/mol. The molecule has 3 heteroatoms. The van der Waals surface area contributed by atoms with Crippen molar-refractivity contribution in [2.45, 2.75) is 31.5 Å². The summed E-state index contributed by atoms with van der Waals surface area (Å²) >= 11 is 0. The van der Waals surface area contributed by atoms with Crippen LogP contribution in [0.1, 0.15) is 24.0 Å². The van der Waals surface area contributed by atoms with Crippen molar-refractivity contribution in [3.63, 3.8) is 0 Å². The van der Waals surface area contributed by atoms with E-state index < -0.39 is 5.60 Å². The molecule has 0 atom stereocenters. The fourth-order valence-corrected chi connectivity index (χ4v) is 2.03. The molecule has 1 N–H and O–H groups in total. The van der Waals surface area contributed by atoms with Crippen molar-refractivity contribution in [2.75, 3.05) is 7.11 Å². The Balaban J connectivity index is 2.21. The number of aromatic nitrogens is 1. The van der Waals surface area contributed by atoms with E-state index in [9.17, 15) is 5.11 Å². The van der Waals surface area contributed by atoms with Crippen molar-refractivity contribution in [1.29, 1.82) is 0 Å². The number of hydrogen-bond acceptors (Lipinski definition) is 3. The van der Waals surface area contributed by atoms with Crippen molar-refractivity contribution >= 4 is 0 Å². The van der Waals surface area contributed by atoms with E-state index in [0.29, 0.717) is 12.8 Å². The maximum absolute atomic E-state index is 10.2. The van der Waals surface area contributed by atoms with Gasteiger partial charge in [0.2, 0.25) is 0 Å². The van der Waals surface area contributed by atoms with Gasteiger partial charge in [0.1, 0.15) is 0 Å². The fourth-order valence-electron chi connectivity index (χ4n) is 2.03. The summed E-state index contributed by atoms with van der Waals surface area (Å²) in [4.78, 5) is 4.04. The topological polar surface area (TPSA) is 42.4 Å². The Morgan fingerprint density at radius 3 is 2.86 bits per heavy atom. The molecular weight excluding hydrogens is 178 g/mol. The lowest BCUT2D eigenvalue weighted by Gasteiger charge is -2.43. The lowest BCUT2D eigenvalue weighted by atomic mass is 9.72. The summed E-state index contributed by atoms with van der Waals surface area (Å²) in [6.07, 6.45) is 5.04. The molecule has 1 aliphatic carbocycles. The van der Waals surface area contributed by atoms with Crippen LogP contribution in [0, 0.1) is 6.92 Å². The molecule has 2 rings (SSSR count). The molecule has 3 nitrogen and oxygen atoms in total. The van der Waals surface area contributed by atoms with Gasteiger partial charge in [0.05, 0.1) is 11.7 Å². The first-order chi connectivity index (χ1) is 6.65. The predicted octanol–water partition coefficient (Wildman–Crippen LogP) is 1.39. The smallest absolute Gasteiger partial charge is 0.0963 e. The minimum absolute atomic E-state index is 0.194. The minimum atomic E-state index is -0.709. The van der Waals surface area contributed by atoms with Gasteiger partial charge >= 0.3 is 0 Å². The molecule has 1 heterocycles. The van der Waals surface area contributed by atoms with Crippen LogP contribution in [0.25, 0.3) is 0 Å². The second-order valence-electron chi connectivity index (χ2n) is 3.99. The molecule has 0 spiro atoms. The molecule has 0 aromatic carbocycles. The van der Waals surface area contributed by atoms with E-state index >= 15 is 0 Å². The molecule has 14 heavy (non-hydrogen) atoms. The Morgan fingerprint density at radius 1 is 1.57 bits per heavy atom. The normalized spacial score (nSPS) is 31.2. The number of pyridine rings is 1. The fraction of sp³-hybridized carbons (Fsp3) is 0.545. The summed E-state index contributed by atoms with van der Waals surface area (Å²) in [5, 5.41) is 10.2. The molecule has 0 saturated heterocycles. The van der Waals surface area contributed by atoms with Crippen molar-refractivity contribution in [3.8, 4) is 0 Å². The quantitative estimate of drug-likeness (QED) is 0.771. The molecule has 0 amide bonds. The van der Waals surface area contributed by atoms with E-state index in [-0.39, 0.29) is 6.10 Å². The first-order valence-corrected chi connectivity index (χ1v) is 4.82. The molecule has 1 aromatic rings. The van der Waals surface area contributed by atoms with Crippen molar-refractivity contribution < 1.29 is 9.84 Å². The van der Waals surface area contributed by atoms with Crippen LogP contribution < -0.4 is 0 Å². The molecule has 0 radical (unpaired) electrons. The molecule has 0 unspecified atom stereocenters. The Bertz CT molecular complexity index is 332. The molecular formula is C11H15NO2. The number of nitrogens with zero attached hydrogens (tertiary/aromatic N) is 1. The minimum Gasteiger partial charge on any atom is -0.385 e. The molecule has 76 valence electrons. The Kier molecular flexibility index (Phi) is 2.29. The highest BCUT2D eigenvalue weighted by Crippen LogP contribution is 2.43. The largest absolute Gasteiger partial charge is 0.385 e. The number of rotatable bonds is 2. The second kappa shape index (κ2) is 3.33. The van der Waals surface area contributed by atoms with Crippen molar-refractivity contribution in [3.05, 3.63) is 29.6 Å². The van der Waals surface area contributed by atoms with E-state index in [1.54, 1.807) is 19.5 Å². The Morgan fingerprint density at radius 2 is 2.29 bits per heavy atom. The van der Waals surface area contributed by atoms with Crippen LogP contribution >= 0.6 is 0 Å². The average Bonchev–Trinajstić information content (AvgIpc) is 2.13. The van der Waals surface area contributed by atoms with Gasteiger partial charge in [-0.3, -0.25) is 4.98 Å². The highest BCUT2D eigenvalue weighted by molar-refractivity contribution is 5.30. The summed E-state index contributed by atoms with van der Waals surface area (Å²) in [6, 6.07) is 1.92. The standard InChI is InChI=1S/C11H15NO2/c1-8-3-4-12-7-10(8)11(13)5-9(6-11)14-2/h3-4,7,9,13H,5-6H2,1-2H3. The zero-order valence-corrected chi connectivity index (χ0v) is 8.53. The summed E-state index contributed by atoms with van der Waals surface area (Å²) in [6.45, 7) is 2.00. The number of aryl methyl sites for hydroxylation is 1. The summed E-state index contributed by atoms with van der Waals surface area (Å²) in [7, 11) is 1.68. The molecule has 1 aromatic heterocycles. The van der Waals surface area contributed by atoms with Gasteiger partial charge < -0.3 is 9.84 Å². The average molecular weight is 193 g/mol. The zero-order chi connectivity index (χ0) is 10.2. The summed E-state index contributed by atoms with van der Waals surface area (Å²) < 4.78 is 5.16. The lowest BCUT2D eigenvalue weighted by Crippen LogP contribution is -2.45. The van der Waals surface area contributed by atoms with Gasteiger partial charge in [0.15, 0.2) is 0 Å². The first kappa shape index (κ1) is 9.62. The number of aliphatic hydroxyl groups is 1. The third-order valence-corrected chi connectivity index (χ3v) is 3.00. The molecule has 1 saturated carbocycles. The maximum atomic E-state index is 10.2. The number of ether oxygens (including phenoxy) is 1. The van der Waals surface area contributed by atoms with E-state index in [1.807, 2.05) is 13.0 Å². The van der Waals surface area contributed by atoms with Crippen molar-refractivity contribution in [1.82, 2.24) is 4.98 Å². The second-order valence-corrected chi connectivity index (χ2v) is 3.99. The van der Waals surface area contributed by atoms with Crippen LogP contribution in [-0.2, 0) is 10.3 Å². The lowest BCUT2D eigenvalue weighted by molar-refractivity contribution is -0.133. The first-order valence-electron chi connectivity index (χ1n) is 4.82. The highest BCUT2D eigenvalue weighted by Gasteiger charge is 2.45. The monoisotopic (exact) mass is 193 g/mol. The molecule has 1 aliphatic rings.